The molecule has 0 fully saturated rings. The van der Waals surface area contributed by atoms with Crippen LogP contribution >= 0.6 is 0 Å². The highest BCUT2D eigenvalue weighted by Gasteiger charge is 2.14. The van der Waals surface area contributed by atoms with Crippen molar-refractivity contribution in [1.82, 2.24) is 14.8 Å². The van der Waals surface area contributed by atoms with Gasteiger partial charge in [-0.25, -0.2) is 0 Å². The zero-order valence-electron chi connectivity index (χ0n) is 11.5. The van der Waals surface area contributed by atoms with Crippen LogP contribution in [0.4, 0.5) is 5.69 Å². The fourth-order valence-electron chi connectivity index (χ4n) is 2.29. The van der Waals surface area contributed by atoms with Crippen molar-refractivity contribution in [2.45, 2.75) is 13.8 Å². The van der Waals surface area contributed by atoms with Crippen molar-refractivity contribution < 1.29 is 0 Å². The number of hydrogen-bond donors (Lipinski definition) is 1. The Morgan fingerprint density at radius 1 is 0.950 bits per heavy atom. The molecule has 1 heterocycles. The summed E-state index contributed by atoms with van der Waals surface area (Å²) in [5.41, 5.74) is 9.90. The minimum absolute atomic E-state index is 0.709. The van der Waals surface area contributed by atoms with Crippen LogP contribution in [0.25, 0.3) is 17.1 Å². The lowest BCUT2D eigenvalue weighted by Gasteiger charge is -2.10. The van der Waals surface area contributed by atoms with Crippen LogP contribution in [-0.2, 0) is 0 Å². The fourth-order valence-corrected chi connectivity index (χ4v) is 2.29. The highest BCUT2D eigenvalue weighted by atomic mass is 15.3. The molecule has 2 aromatic carbocycles. The lowest BCUT2D eigenvalue weighted by atomic mass is 10.1. The van der Waals surface area contributed by atoms with E-state index in [4.69, 9.17) is 5.73 Å². The largest absolute Gasteiger partial charge is 0.398 e. The average Bonchev–Trinajstić information content (AvgIpc) is 2.84. The Morgan fingerprint density at radius 3 is 2.45 bits per heavy atom. The number of nitrogen functional groups attached to an aromatic ring is 1. The first-order valence-corrected chi connectivity index (χ1v) is 6.51. The number of aryl methyl sites for hydroxylation is 2. The first-order chi connectivity index (χ1) is 9.66. The van der Waals surface area contributed by atoms with Gasteiger partial charge in [-0.15, -0.1) is 10.2 Å². The molecule has 0 atom stereocenters. The molecule has 0 saturated carbocycles. The predicted molar refractivity (Wildman–Crippen MR) is 80.7 cm³/mol. The lowest BCUT2D eigenvalue weighted by molar-refractivity contribution is 0.972. The van der Waals surface area contributed by atoms with E-state index in [0.29, 0.717) is 5.69 Å². The van der Waals surface area contributed by atoms with E-state index in [1.807, 2.05) is 66.9 Å². The number of anilines is 1. The summed E-state index contributed by atoms with van der Waals surface area (Å²) >= 11 is 0. The first kappa shape index (κ1) is 12.4. The van der Waals surface area contributed by atoms with Gasteiger partial charge < -0.3 is 5.73 Å². The maximum atomic E-state index is 6.10. The second-order valence-electron chi connectivity index (χ2n) is 4.83. The molecular formula is C16H16N4. The number of benzene rings is 2. The number of nitrogens with zero attached hydrogens (tertiary/aromatic N) is 3. The van der Waals surface area contributed by atoms with Crippen LogP contribution in [0, 0.1) is 13.8 Å². The second kappa shape index (κ2) is 4.81. The van der Waals surface area contributed by atoms with Crippen LogP contribution in [-0.4, -0.2) is 14.8 Å². The Morgan fingerprint density at radius 2 is 1.70 bits per heavy atom. The van der Waals surface area contributed by atoms with Crippen molar-refractivity contribution in [2.75, 3.05) is 5.73 Å². The average molecular weight is 264 g/mol. The quantitative estimate of drug-likeness (QED) is 0.723. The van der Waals surface area contributed by atoms with Gasteiger partial charge in [0, 0.05) is 16.9 Å². The van der Waals surface area contributed by atoms with Gasteiger partial charge in [0.05, 0.1) is 0 Å². The fraction of sp³-hybridized carbons (Fsp3) is 0.125. The molecule has 4 nitrogen and oxygen atoms in total. The maximum Gasteiger partial charge on any atom is 0.170 e. The molecular weight excluding hydrogens is 248 g/mol. The summed E-state index contributed by atoms with van der Waals surface area (Å²) in [6, 6.07) is 16.0. The van der Waals surface area contributed by atoms with Crippen LogP contribution in [0.3, 0.4) is 0 Å². The molecule has 0 bridgehead atoms. The van der Waals surface area contributed by atoms with Gasteiger partial charge >= 0.3 is 0 Å². The molecule has 0 aliphatic carbocycles. The third-order valence-corrected chi connectivity index (χ3v) is 3.29. The van der Waals surface area contributed by atoms with Gasteiger partial charge in [-0.3, -0.25) is 4.57 Å². The summed E-state index contributed by atoms with van der Waals surface area (Å²) < 4.78 is 2.02. The molecule has 100 valence electrons. The Balaban J connectivity index is 2.24. The van der Waals surface area contributed by atoms with E-state index in [9.17, 15) is 0 Å². The molecule has 0 amide bonds. The van der Waals surface area contributed by atoms with Crippen LogP contribution in [0.1, 0.15) is 11.4 Å². The van der Waals surface area contributed by atoms with E-state index in [-0.39, 0.29) is 0 Å². The SMILES string of the molecule is Cc1ccc(N)c(-c2nnc(C)n2-c2ccccc2)c1. The van der Waals surface area contributed by atoms with Gasteiger partial charge in [-0.05, 0) is 38.1 Å². The molecule has 0 radical (unpaired) electrons. The van der Waals surface area contributed by atoms with E-state index in [1.165, 1.54) is 0 Å². The topological polar surface area (TPSA) is 56.7 Å². The summed E-state index contributed by atoms with van der Waals surface area (Å²) in [5, 5.41) is 8.49. The number of nitrogens with two attached hydrogens (primary N) is 1. The smallest absolute Gasteiger partial charge is 0.170 e. The Kier molecular flexibility index (Phi) is 2.99. The molecule has 0 unspecified atom stereocenters. The first-order valence-electron chi connectivity index (χ1n) is 6.51. The van der Waals surface area contributed by atoms with Crippen LogP contribution in [0.15, 0.2) is 48.5 Å². The van der Waals surface area contributed by atoms with Gasteiger partial charge in [-0.2, -0.15) is 0 Å². The summed E-state index contributed by atoms with van der Waals surface area (Å²) in [5.74, 6) is 1.61. The molecule has 0 aliphatic heterocycles. The van der Waals surface area contributed by atoms with E-state index in [1.54, 1.807) is 0 Å². The normalized spacial score (nSPS) is 10.7. The third kappa shape index (κ3) is 2.05. The van der Waals surface area contributed by atoms with E-state index in [0.717, 1.165) is 28.5 Å². The molecule has 2 N–H and O–H groups in total. The monoisotopic (exact) mass is 264 g/mol. The molecule has 0 saturated heterocycles. The van der Waals surface area contributed by atoms with E-state index < -0.39 is 0 Å². The van der Waals surface area contributed by atoms with Crippen molar-refractivity contribution in [2.24, 2.45) is 0 Å². The second-order valence-corrected chi connectivity index (χ2v) is 4.83. The lowest BCUT2D eigenvalue weighted by Crippen LogP contribution is -2.01. The van der Waals surface area contributed by atoms with Gasteiger partial charge in [0.15, 0.2) is 5.82 Å². The van der Waals surface area contributed by atoms with Crippen LogP contribution in [0.5, 0.6) is 0 Å². The minimum Gasteiger partial charge on any atom is -0.398 e. The van der Waals surface area contributed by atoms with Crippen molar-refractivity contribution in [1.29, 1.82) is 0 Å². The van der Waals surface area contributed by atoms with Crippen molar-refractivity contribution >= 4 is 5.69 Å². The van der Waals surface area contributed by atoms with Crippen molar-refractivity contribution in [3.05, 3.63) is 59.9 Å². The van der Waals surface area contributed by atoms with Crippen LogP contribution in [0.2, 0.25) is 0 Å². The number of rotatable bonds is 2. The summed E-state index contributed by atoms with van der Waals surface area (Å²) in [6.07, 6.45) is 0. The number of hydrogen-bond acceptors (Lipinski definition) is 3. The van der Waals surface area contributed by atoms with E-state index in [2.05, 4.69) is 10.2 Å². The Bertz CT molecular complexity index is 744. The Hall–Kier alpha value is -2.62. The standard InChI is InChI=1S/C16H16N4/c1-11-8-9-15(17)14(10-11)16-19-18-12(2)20(16)13-6-4-3-5-7-13/h3-10H,17H2,1-2H3. The highest BCUT2D eigenvalue weighted by molar-refractivity contribution is 5.73. The zero-order chi connectivity index (χ0) is 14.1. The minimum atomic E-state index is 0.709. The van der Waals surface area contributed by atoms with E-state index >= 15 is 0 Å². The third-order valence-electron chi connectivity index (χ3n) is 3.29. The predicted octanol–water partition coefficient (Wildman–Crippen LogP) is 3.13. The van der Waals surface area contributed by atoms with Crippen molar-refractivity contribution in [3.8, 4) is 17.1 Å². The highest BCUT2D eigenvalue weighted by Crippen LogP contribution is 2.28. The molecule has 0 spiro atoms. The molecule has 0 aliphatic rings. The van der Waals surface area contributed by atoms with Crippen LogP contribution < -0.4 is 5.73 Å². The molecule has 1 aromatic heterocycles. The Labute approximate surface area is 117 Å². The van der Waals surface area contributed by atoms with Gasteiger partial charge in [-0.1, -0.05) is 29.8 Å². The summed E-state index contributed by atoms with van der Waals surface area (Å²) in [7, 11) is 0. The molecule has 3 aromatic rings. The number of para-hydroxylation sites is 1. The molecule has 4 heteroatoms. The number of aromatic nitrogens is 3. The van der Waals surface area contributed by atoms with Gasteiger partial charge in [0.1, 0.15) is 5.82 Å². The van der Waals surface area contributed by atoms with Gasteiger partial charge in [0.25, 0.3) is 0 Å². The van der Waals surface area contributed by atoms with Gasteiger partial charge in [0.2, 0.25) is 0 Å². The summed E-state index contributed by atoms with van der Waals surface area (Å²) in [6.45, 7) is 3.98. The summed E-state index contributed by atoms with van der Waals surface area (Å²) in [4.78, 5) is 0. The zero-order valence-corrected chi connectivity index (χ0v) is 11.5. The molecule has 3 rings (SSSR count). The maximum absolute atomic E-state index is 6.10. The van der Waals surface area contributed by atoms with Crippen molar-refractivity contribution in [3.63, 3.8) is 0 Å². The molecule has 20 heavy (non-hydrogen) atoms.